The fourth-order valence-corrected chi connectivity index (χ4v) is 7.60. The standard InChI is InChI=1S/C19H38O4.C18H36O2.C18H34O2/c1-2-3-4-5-6-7-8-9-10-11-12-13-14-15-19(22)23-17-18(21)16-20;2*1-2-3-4-5-6-7-8-9-10-11-12-13-14-15-16-17-18(19)20/h18,20-21H,2-17H2,1H3;2-17H2,1H3,(H,19,20);9-10H,2-8,11-17H2,1H3,(H,19,20)/b;;10-9-. The van der Waals surface area contributed by atoms with Crippen LogP contribution in [0.4, 0.5) is 0 Å². The fraction of sp³-hybridized carbons (Fsp3) is 0.909. The third-order valence-corrected chi connectivity index (χ3v) is 11.8. The number of carbonyl (C=O) groups excluding carboxylic acids is 1. The van der Waals surface area contributed by atoms with Gasteiger partial charge in [-0.1, -0.05) is 251 Å². The van der Waals surface area contributed by atoms with Crippen molar-refractivity contribution in [3.63, 3.8) is 0 Å². The summed E-state index contributed by atoms with van der Waals surface area (Å²) in [5, 5.41) is 34.7. The third kappa shape index (κ3) is 69.3. The zero-order valence-electron chi connectivity index (χ0n) is 42.2. The largest absolute Gasteiger partial charge is 0.481 e. The number of ether oxygens (including phenoxy) is 1. The van der Waals surface area contributed by atoms with Crippen molar-refractivity contribution in [2.45, 2.75) is 309 Å². The highest BCUT2D eigenvalue weighted by Crippen LogP contribution is 2.15. The first-order chi connectivity index (χ1) is 30.7. The normalized spacial score (nSPS) is 11.5. The molecule has 8 nitrogen and oxygen atoms in total. The number of esters is 1. The van der Waals surface area contributed by atoms with Crippen molar-refractivity contribution >= 4 is 17.9 Å². The first kappa shape index (κ1) is 65.3. The number of aliphatic carboxylic acids is 2. The Morgan fingerprint density at radius 1 is 0.381 bits per heavy atom. The number of carbonyl (C=O) groups is 3. The molecule has 0 rings (SSSR count). The molecule has 1 unspecified atom stereocenters. The van der Waals surface area contributed by atoms with E-state index in [0.717, 1.165) is 38.5 Å². The summed E-state index contributed by atoms with van der Waals surface area (Å²) in [6.07, 6.45) is 57.6. The van der Waals surface area contributed by atoms with Gasteiger partial charge in [-0.3, -0.25) is 14.4 Å². The summed E-state index contributed by atoms with van der Waals surface area (Å²) in [6, 6.07) is 0. The van der Waals surface area contributed by atoms with Gasteiger partial charge in [0.05, 0.1) is 6.61 Å². The van der Waals surface area contributed by atoms with E-state index >= 15 is 0 Å². The number of allylic oxidation sites excluding steroid dienone is 2. The highest BCUT2D eigenvalue weighted by atomic mass is 16.5. The minimum Gasteiger partial charge on any atom is -0.481 e. The van der Waals surface area contributed by atoms with Gasteiger partial charge in [0.15, 0.2) is 0 Å². The Morgan fingerprint density at radius 3 is 0.873 bits per heavy atom. The molecule has 0 aliphatic heterocycles. The van der Waals surface area contributed by atoms with Crippen LogP contribution in [-0.4, -0.2) is 57.7 Å². The van der Waals surface area contributed by atoms with Crippen LogP contribution in [0.2, 0.25) is 0 Å². The maximum Gasteiger partial charge on any atom is 0.305 e. The number of unbranched alkanes of at least 4 members (excludes halogenated alkanes) is 37. The molecular weight excluding hydrogens is 789 g/mol. The molecule has 0 fully saturated rings. The van der Waals surface area contributed by atoms with Gasteiger partial charge in [-0.25, -0.2) is 0 Å². The van der Waals surface area contributed by atoms with Gasteiger partial charge in [0.25, 0.3) is 0 Å². The van der Waals surface area contributed by atoms with Crippen LogP contribution < -0.4 is 0 Å². The van der Waals surface area contributed by atoms with Crippen molar-refractivity contribution in [1.82, 2.24) is 0 Å². The van der Waals surface area contributed by atoms with E-state index in [0.29, 0.717) is 19.3 Å². The summed E-state index contributed by atoms with van der Waals surface area (Å²) in [4.78, 5) is 32.0. The number of aliphatic hydroxyl groups is 2. The Labute approximate surface area is 391 Å². The van der Waals surface area contributed by atoms with Gasteiger partial charge >= 0.3 is 17.9 Å². The lowest BCUT2D eigenvalue weighted by Crippen LogP contribution is -2.21. The second-order valence-electron chi connectivity index (χ2n) is 18.3. The lowest BCUT2D eigenvalue weighted by molar-refractivity contribution is -0.147. The van der Waals surface area contributed by atoms with Crippen LogP contribution in [-0.2, 0) is 19.1 Å². The third-order valence-electron chi connectivity index (χ3n) is 11.8. The molecule has 4 N–H and O–H groups in total. The van der Waals surface area contributed by atoms with Crippen molar-refractivity contribution in [2.24, 2.45) is 0 Å². The predicted molar refractivity (Wildman–Crippen MR) is 269 cm³/mol. The summed E-state index contributed by atoms with van der Waals surface area (Å²) in [6.45, 7) is 6.31. The van der Waals surface area contributed by atoms with E-state index in [1.54, 1.807) is 0 Å². The topological polar surface area (TPSA) is 141 Å². The average Bonchev–Trinajstić information content (AvgIpc) is 3.27. The first-order valence-corrected chi connectivity index (χ1v) is 27.3. The van der Waals surface area contributed by atoms with Crippen molar-refractivity contribution in [2.75, 3.05) is 13.2 Å². The molecule has 0 aliphatic carbocycles. The molecule has 8 heteroatoms. The molecule has 1 atom stereocenters. The van der Waals surface area contributed by atoms with E-state index in [4.69, 9.17) is 25.2 Å². The number of hydrogen-bond donors (Lipinski definition) is 4. The van der Waals surface area contributed by atoms with Crippen LogP contribution in [0.15, 0.2) is 12.2 Å². The molecule has 0 spiro atoms. The van der Waals surface area contributed by atoms with Crippen molar-refractivity contribution in [3.05, 3.63) is 12.2 Å². The monoisotopic (exact) mass is 897 g/mol. The molecule has 0 aromatic heterocycles. The molecule has 0 heterocycles. The van der Waals surface area contributed by atoms with Crippen LogP contribution in [0.1, 0.15) is 303 Å². The number of rotatable bonds is 48. The number of hydrogen-bond acceptors (Lipinski definition) is 6. The molecular formula is C55H108O8. The summed E-state index contributed by atoms with van der Waals surface area (Å²) in [5.41, 5.74) is 0. The molecule has 0 aliphatic rings. The first-order valence-electron chi connectivity index (χ1n) is 27.3. The van der Waals surface area contributed by atoms with Gasteiger partial charge in [0.1, 0.15) is 12.7 Å². The van der Waals surface area contributed by atoms with Crippen LogP contribution in [0.25, 0.3) is 0 Å². The quantitative estimate of drug-likeness (QED) is 0.0269. The Kier molecular flexibility index (Phi) is 62.3. The molecule has 0 aromatic carbocycles. The highest BCUT2D eigenvalue weighted by molar-refractivity contribution is 5.69. The van der Waals surface area contributed by atoms with Crippen molar-refractivity contribution in [3.8, 4) is 0 Å². The fourth-order valence-electron chi connectivity index (χ4n) is 7.60. The predicted octanol–water partition coefficient (Wildman–Crippen LogP) is 16.8. The molecule has 0 saturated carbocycles. The maximum absolute atomic E-state index is 11.3. The smallest absolute Gasteiger partial charge is 0.305 e. The molecule has 63 heavy (non-hydrogen) atoms. The molecule has 0 aromatic rings. The van der Waals surface area contributed by atoms with Crippen LogP contribution >= 0.6 is 0 Å². The Bertz CT molecular complexity index is 922. The molecule has 376 valence electrons. The summed E-state index contributed by atoms with van der Waals surface area (Å²) >= 11 is 0. The van der Waals surface area contributed by atoms with Gasteiger partial charge in [0.2, 0.25) is 0 Å². The van der Waals surface area contributed by atoms with Crippen molar-refractivity contribution < 1.29 is 39.5 Å². The molecule has 0 bridgehead atoms. The average molecular weight is 897 g/mol. The van der Waals surface area contributed by atoms with Gasteiger partial charge in [-0.2, -0.15) is 0 Å². The Hall–Kier alpha value is -1.93. The van der Waals surface area contributed by atoms with Gasteiger partial charge in [0, 0.05) is 19.3 Å². The second-order valence-corrected chi connectivity index (χ2v) is 18.3. The molecule has 0 radical (unpaired) electrons. The molecule has 0 saturated heterocycles. The zero-order chi connectivity index (χ0) is 47.0. The van der Waals surface area contributed by atoms with E-state index in [1.165, 1.54) is 225 Å². The van der Waals surface area contributed by atoms with Crippen LogP contribution in [0.3, 0.4) is 0 Å². The van der Waals surface area contributed by atoms with E-state index in [9.17, 15) is 14.4 Å². The van der Waals surface area contributed by atoms with E-state index in [-0.39, 0.29) is 19.2 Å². The second kappa shape index (κ2) is 60.1. The number of carboxylic acids is 2. The summed E-state index contributed by atoms with van der Waals surface area (Å²) < 4.78 is 4.85. The number of carboxylic acid groups (broad SMARTS) is 2. The van der Waals surface area contributed by atoms with E-state index in [1.807, 2.05) is 0 Å². The van der Waals surface area contributed by atoms with Gasteiger partial charge in [-0.05, 0) is 44.9 Å². The SMILES string of the molecule is CCCCCCCC/C=C\CCCCCCCC(=O)O.CCCCCCCCCCCCCCCC(=O)OCC(O)CO.CCCCCCCCCCCCCCCCCC(=O)O. The lowest BCUT2D eigenvalue weighted by atomic mass is 10.0. The van der Waals surface area contributed by atoms with Gasteiger partial charge in [-0.15, -0.1) is 0 Å². The Morgan fingerprint density at radius 2 is 0.619 bits per heavy atom. The number of aliphatic hydroxyl groups excluding tert-OH is 2. The highest BCUT2D eigenvalue weighted by Gasteiger charge is 2.07. The minimum absolute atomic E-state index is 0.103. The summed E-state index contributed by atoms with van der Waals surface area (Å²) in [5.74, 6) is -1.59. The van der Waals surface area contributed by atoms with E-state index in [2.05, 4.69) is 32.9 Å². The van der Waals surface area contributed by atoms with E-state index < -0.39 is 18.0 Å². The lowest BCUT2D eigenvalue weighted by Gasteiger charge is -2.08. The molecule has 0 amide bonds. The van der Waals surface area contributed by atoms with Crippen LogP contribution in [0.5, 0.6) is 0 Å². The zero-order valence-corrected chi connectivity index (χ0v) is 42.2. The van der Waals surface area contributed by atoms with Gasteiger partial charge < -0.3 is 25.2 Å². The Balaban J connectivity index is -0.000000860. The van der Waals surface area contributed by atoms with Crippen LogP contribution in [0, 0.1) is 0 Å². The van der Waals surface area contributed by atoms with Crippen molar-refractivity contribution in [1.29, 1.82) is 0 Å². The maximum atomic E-state index is 11.3. The summed E-state index contributed by atoms with van der Waals surface area (Å²) in [7, 11) is 0. The minimum atomic E-state index is -0.953.